The van der Waals surface area contributed by atoms with E-state index in [9.17, 15) is 9.90 Å². The van der Waals surface area contributed by atoms with Gasteiger partial charge in [-0.1, -0.05) is 25.7 Å². The molecule has 3 fully saturated rings. The summed E-state index contributed by atoms with van der Waals surface area (Å²) in [6, 6.07) is 0.372. The summed E-state index contributed by atoms with van der Waals surface area (Å²) in [5, 5.41) is 13.2. The van der Waals surface area contributed by atoms with Gasteiger partial charge in [0.25, 0.3) is 0 Å². The number of carboxylic acids is 1. The van der Waals surface area contributed by atoms with Gasteiger partial charge in [-0.3, -0.25) is 4.79 Å². The van der Waals surface area contributed by atoms with Crippen LogP contribution in [-0.2, 0) is 4.79 Å². The Morgan fingerprint density at radius 2 is 1.64 bits per heavy atom. The lowest BCUT2D eigenvalue weighted by molar-refractivity contribution is -0.144. The third-order valence-corrected chi connectivity index (χ3v) is 6.04. The van der Waals surface area contributed by atoms with Crippen LogP contribution in [0.25, 0.3) is 0 Å². The van der Waals surface area contributed by atoms with Gasteiger partial charge in [0.1, 0.15) is 0 Å². The number of nitrogens with zero attached hydrogens (tertiary/aromatic N) is 1. The van der Waals surface area contributed by atoms with Crippen LogP contribution >= 0.6 is 0 Å². The third kappa shape index (κ3) is 4.45. The second-order valence-corrected chi connectivity index (χ2v) is 7.90. The van der Waals surface area contributed by atoms with E-state index in [-0.39, 0.29) is 5.92 Å². The highest BCUT2D eigenvalue weighted by molar-refractivity contribution is 5.70. The Morgan fingerprint density at radius 3 is 2.27 bits per heavy atom. The van der Waals surface area contributed by atoms with Crippen molar-refractivity contribution < 1.29 is 9.90 Å². The van der Waals surface area contributed by atoms with Crippen molar-refractivity contribution in [1.29, 1.82) is 0 Å². The number of carboxylic acid groups (broad SMARTS) is 1. The lowest BCUT2D eigenvalue weighted by Crippen LogP contribution is -2.52. The van der Waals surface area contributed by atoms with Crippen LogP contribution in [0.5, 0.6) is 0 Å². The van der Waals surface area contributed by atoms with E-state index in [1.807, 2.05) is 0 Å². The molecule has 0 radical (unpaired) electrons. The topological polar surface area (TPSA) is 52.6 Å². The molecule has 1 saturated heterocycles. The maximum Gasteiger partial charge on any atom is 0.307 e. The van der Waals surface area contributed by atoms with E-state index in [0.29, 0.717) is 6.04 Å². The normalized spacial score (nSPS) is 31.8. The molecule has 2 N–H and O–H groups in total. The highest BCUT2D eigenvalue weighted by atomic mass is 16.4. The predicted octanol–water partition coefficient (Wildman–Crippen LogP) is 2.73. The Labute approximate surface area is 134 Å². The molecule has 4 nitrogen and oxygen atoms in total. The molecule has 0 bridgehead atoms. The van der Waals surface area contributed by atoms with Gasteiger partial charge in [-0.05, 0) is 50.5 Å². The van der Waals surface area contributed by atoms with Gasteiger partial charge < -0.3 is 15.3 Å². The van der Waals surface area contributed by atoms with Crippen molar-refractivity contribution in [3.8, 4) is 0 Å². The first-order valence-corrected chi connectivity index (χ1v) is 9.39. The number of likely N-dealkylation sites (tertiary alicyclic amines) is 1. The van der Waals surface area contributed by atoms with Gasteiger partial charge in [-0.2, -0.15) is 0 Å². The summed E-state index contributed by atoms with van der Waals surface area (Å²) < 4.78 is 0. The Hall–Kier alpha value is -0.610. The van der Waals surface area contributed by atoms with Crippen molar-refractivity contribution in [2.45, 2.75) is 63.8 Å². The zero-order chi connectivity index (χ0) is 15.4. The van der Waals surface area contributed by atoms with Crippen LogP contribution in [0, 0.1) is 17.8 Å². The molecule has 4 heteroatoms. The number of hydrogen-bond donors (Lipinski definition) is 2. The summed E-state index contributed by atoms with van der Waals surface area (Å²) in [6.07, 6.45) is 11.7. The molecule has 0 aromatic rings. The number of piperidine rings is 1. The van der Waals surface area contributed by atoms with Gasteiger partial charge in [0, 0.05) is 25.7 Å². The standard InChI is InChI=1S/C18H32N2O2/c21-18(22)16-9-17(19-10-14-5-1-2-6-14)13-20(12-16)11-15-7-3-4-8-15/h14-17,19H,1-13H2,(H,21,22). The molecule has 2 saturated carbocycles. The van der Waals surface area contributed by atoms with Crippen molar-refractivity contribution in [2.75, 3.05) is 26.2 Å². The summed E-state index contributed by atoms with van der Waals surface area (Å²) in [7, 11) is 0. The Morgan fingerprint density at radius 1 is 1.00 bits per heavy atom. The number of nitrogens with one attached hydrogen (secondary N) is 1. The van der Waals surface area contributed by atoms with Gasteiger partial charge in [-0.15, -0.1) is 0 Å². The monoisotopic (exact) mass is 308 g/mol. The zero-order valence-electron chi connectivity index (χ0n) is 13.8. The molecule has 0 spiro atoms. The summed E-state index contributed by atoms with van der Waals surface area (Å²) in [5.41, 5.74) is 0. The van der Waals surface area contributed by atoms with Crippen molar-refractivity contribution in [3.63, 3.8) is 0 Å². The zero-order valence-corrected chi connectivity index (χ0v) is 13.8. The first-order chi connectivity index (χ1) is 10.7. The lowest BCUT2D eigenvalue weighted by Gasteiger charge is -2.38. The number of carbonyl (C=O) groups is 1. The third-order valence-electron chi connectivity index (χ3n) is 6.04. The van der Waals surface area contributed by atoms with Crippen LogP contribution in [0.15, 0.2) is 0 Å². The highest BCUT2D eigenvalue weighted by Crippen LogP contribution is 2.28. The molecule has 2 aliphatic carbocycles. The SMILES string of the molecule is O=C(O)C1CC(NCC2CCCC2)CN(CC2CCCC2)C1. The molecular weight excluding hydrogens is 276 g/mol. The van der Waals surface area contributed by atoms with Crippen molar-refractivity contribution in [2.24, 2.45) is 17.8 Å². The van der Waals surface area contributed by atoms with Crippen molar-refractivity contribution in [3.05, 3.63) is 0 Å². The second kappa shape index (κ2) is 7.78. The fourth-order valence-electron chi connectivity index (χ4n) is 4.77. The van der Waals surface area contributed by atoms with Gasteiger partial charge in [0.2, 0.25) is 0 Å². The summed E-state index contributed by atoms with van der Waals surface area (Å²) in [6.45, 7) is 4.01. The maximum absolute atomic E-state index is 11.5. The molecule has 1 heterocycles. The van der Waals surface area contributed by atoms with E-state index in [1.165, 1.54) is 51.4 Å². The van der Waals surface area contributed by atoms with Gasteiger partial charge in [0.05, 0.1) is 5.92 Å². The molecule has 0 aromatic heterocycles. The molecule has 22 heavy (non-hydrogen) atoms. The molecule has 3 rings (SSSR count). The molecule has 2 atom stereocenters. The van der Waals surface area contributed by atoms with Crippen molar-refractivity contribution in [1.82, 2.24) is 10.2 Å². The van der Waals surface area contributed by atoms with Gasteiger partial charge in [-0.25, -0.2) is 0 Å². The molecule has 126 valence electrons. The van der Waals surface area contributed by atoms with Crippen molar-refractivity contribution >= 4 is 5.97 Å². The van der Waals surface area contributed by atoms with E-state index in [0.717, 1.165) is 44.4 Å². The largest absolute Gasteiger partial charge is 0.481 e. The lowest BCUT2D eigenvalue weighted by atomic mass is 9.92. The van der Waals surface area contributed by atoms with Crippen LogP contribution in [0.3, 0.4) is 0 Å². The number of hydrogen-bond acceptors (Lipinski definition) is 3. The number of aliphatic carboxylic acids is 1. The van der Waals surface area contributed by atoms with Gasteiger partial charge >= 0.3 is 5.97 Å². The van der Waals surface area contributed by atoms with E-state index in [4.69, 9.17) is 0 Å². The van der Waals surface area contributed by atoms with Crippen LogP contribution in [0.1, 0.15) is 57.8 Å². The molecular formula is C18H32N2O2. The smallest absolute Gasteiger partial charge is 0.307 e. The fourth-order valence-corrected chi connectivity index (χ4v) is 4.77. The molecule has 0 aromatic carbocycles. The first-order valence-electron chi connectivity index (χ1n) is 9.39. The average molecular weight is 308 g/mol. The first kappa shape index (κ1) is 16.3. The summed E-state index contributed by atoms with van der Waals surface area (Å²) in [5.74, 6) is 0.844. The fraction of sp³-hybridized carbons (Fsp3) is 0.944. The van der Waals surface area contributed by atoms with E-state index in [1.54, 1.807) is 0 Å². The molecule has 2 unspecified atom stereocenters. The molecule has 3 aliphatic rings. The minimum Gasteiger partial charge on any atom is -0.481 e. The Bertz CT molecular complexity index is 362. The predicted molar refractivity (Wildman–Crippen MR) is 87.9 cm³/mol. The van der Waals surface area contributed by atoms with Crippen LogP contribution in [0.2, 0.25) is 0 Å². The van der Waals surface area contributed by atoms with E-state index >= 15 is 0 Å². The van der Waals surface area contributed by atoms with E-state index in [2.05, 4.69) is 10.2 Å². The van der Waals surface area contributed by atoms with E-state index < -0.39 is 5.97 Å². The minimum absolute atomic E-state index is 0.184. The minimum atomic E-state index is -0.608. The Balaban J connectivity index is 1.50. The average Bonchev–Trinajstić information content (AvgIpc) is 3.18. The van der Waals surface area contributed by atoms with Crippen LogP contribution in [0.4, 0.5) is 0 Å². The molecule has 0 amide bonds. The quantitative estimate of drug-likeness (QED) is 0.792. The van der Waals surface area contributed by atoms with Crippen LogP contribution in [-0.4, -0.2) is 48.2 Å². The van der Waals surface area contributed by atoms with Crippen LogP contribution < -0.4 is 5.32 Å². The summed E-state index contributed by atoms with van der Waals surface area (Å²) in [4.78, 5) is 13.9. The Kier molecular flexibility index (Phi) is 5.75. The summed E-state index contributed by atoms with van der Waals surface area (Å²) >= 11 is 0. The number of rotatable bonds is 6. The molecule has 1 aliphatic heterocycles. The highest BCUT2D eigenvalue weighted by Gasteiger charge is 2.33. The van der Waals surface area contributed by atoms with Gasteiger partial charge in [0.15, 0.2) is 0 Å². The second-order valence-electron chi connectivity index (χ2n) is 7.90. The maximum atomic E-state index is 11.5.